The predicted molar refractivity (Wildman–Crippen MR) is 70.6 cm³/mol. The number of aryl methyl sites for hydroxylation is 1. The van der Waals surface area contributed by atoms with Gasteiger partial charge in [-0.2, -0.15) is 10.1 Å². The Kier molecular flexibility index (Phi) is 3.30. The van der Waals surface area contributed by atoms with Crippen LogP contribution in [-0.4, -0.2) is 52.4 Å². The van der Waals surface area contributed by atoms with Gasteiger partial charge in [-0.25, -0.2) is 8.42 Å². The Labute approximate surface area is 116 Å². The van der Waals surface area contributed by atoms with Crippen molar-refractivity contribution < 1.29 is 12.9 Å². The number of hydrogen-bond donors (Lipinski definition) is 1. The van der Waals surface area contributed by atoms with E-state index in [0.29, 0.717) is 30.4 Å². The van der Waals surface area contributed by atoms with E-state index in [0.717, 1.165) is 0 Å². The summed E-state index contributed by atoms with van der Waals surface area (Å²) in [7, 11) is -1.16. The second-order valence-electron chi connectivity index (χ2n) is 4.86. The average Bonchev–Trinajstić information content (AvgIpc) is 2.97. The van der Waals surface area contributed by atoms with E-state index >= 15 is 0 Å². The van der Waals surface area contributed by atoms with Gasteiger partial charge in [0.2, 0.25) is 11.7 Å². The Hall–Kier alpha value is -1.74. The molecule has 1 atom stereocenters. The molecule has 1 saturated heterocycles. The van der Waals surface area contributed by atoms with Gasteiger partial charge >= 0.3 is 0 Å². The maximum Gasteiger partial charge on any atom is 0.228 e. The number of rotatable bonds is 3. The zero-order valence-corrected chi connectivity index (χ0v) is 11.8. The van der Waals surface area contributed by atoms with Crippen LogP contribution in [0.2, 0.25) is 0 Å². The fraction of sp³-hybridized carbons (Fsp3) is 0.545. The summed E-state index contributed by atoms with van der Waals surface area (Å²) in [5.41, 5.74) is 0.631. The lowest BCUT2D eigenvalue weighted by atomic mass is 10.2. The zero-order valence-electron chi connectivity index (χ0n) is 11.0. The Balaban J connectivity index is 1.71. The molecule has 2 aromatic rings. The number of hydrogen-bond acceptors (Lipinski definition) is 7. The number of sulfone groups is 1. The molecule has 0 radical (unpaired) electrons. The molecule has 20 heavy (non-hydrogen) atoms. The van der Waals surface area contributed by atoms with Crippen molar-refractivity contribution in [1.82, 2.24) is 25.2 Å². The fourth-order valence-corrected chi connectivity index (χ4v) is 3.63. The molecule has 1 unspecified atom stereocenters. The minimum Gasteiger partial charge on any atom is -0.339 e. The molecule has 8 nitrogen and oxygen atoms in total. The minimum atomic E-state index is -2.96. The first kappa shape index (κ1) is 13.3. The summed E-state index contributed by atoms with van der Waals surface area (Å²) >= 11 is 0. The van der Waals surface area contributed by atoms with Gasteiger partial charge in [-0.15, -0.1) is 0 Å². The third-order valence-corrected chi connectivity index (χ3v) is 4.87. The standard InChI is InChI=1S/C11H15N5O3S/c1-16-4-2-9(14-16)11-13-10(19-15-11)6-8-7-20(17,18)5-3-12-8/h2,4,8,12H,3,5-7H2,1H3. The number of nitrogens with one attached hydrogen (secondary N) is 1. The van der Waals surface area contributed by atoms with E-state index in [1.165, 1.54) is 0 Å². The lowest BCUT2D eigenvalue weighted by molar-refractivity contribution is 0.361. The van der Waals surface area contributed by atoms with Crippen molar-refractivity contribution in [3.05, 3.63) is 18.2 Å². The fourth-order valence-electron chi connectivity index (χ4n) is 2.19. The van der Waals surface area contributed by atoms with Crippen LogP contribution >= 0.6 is 0 Å². The lowest BCUT2D eigenvalue weighted by Gasteiger charge is -2.21. The van der Waals surface area contributed by atoms with E-state index in [1.807, 2.05) is 0 Å². The van der Waals surface area contributed by atoms with Crippen LogP contribution in [0.15, 0.2) is 16.8 Å². The summed E-state index contributed by atoms with van der Waals surface area (Å²) in [4.78, 5) is 4.25. The van der Waals surface area contributed by atoms with Crippen molar-refractivity contribution in [2.45, 2.75) is 12.5 Å². The molecule has 0 saturated carbocycles. The highest BCUT2D eigenvalue weighted by Gasteiger charge is 2.26. The molecule has 1 aliphatic rings. The second-order valence-corrected chi connectivity index (χ2v) is 7.08. The van der Waals surface area contributed by atoms with Crippen LogP contribution in [0.4, 0.5) is 0 Å². The molecule has 1 aliphatic heterocycles. The normalized spacial score (nSPS) is 21.9. The van der Waals surface area contributed by atoms with Crippen LogP contribution < -0.4 is 5.32 Å². The topological polar surface area (TPSA) is 103 Å². The van der Waals surface area contributed by atoms with Crippen molar-refractivity contribution in [2.24, 2.45) is 7.05 Å². The molecule has 0 amide bonds. The van der Waals surface area contributed by atoms with Gasteiger partial charge in [-0.3, -0.25) is 4.68 Å². The predicted octanol–water partition coefficient (Wildman–Crippen LogP) is -0.601. The smallest absolute Gasteiger partial charge is 0.228 e. The van der Waals surface area contributed by atoms with Crippen LogP contribution in [0.1, 0.15) is 5.89 Å². The molecule has 0 aliphatic carbocycles. The molecule has 9 heteroatoms. The average molecular weight is 297 g/mol. The van der Waals surface area contributed by atoms with E-state index in [2.05, 4.69) is 20.6 Å². The van der Waals surface area contributed by atoms with Crippen LogP contribution in [-0.2, 0) is 23.3 Å². The van der Waals surface area contributed by atoms with E-state index in [-0.39, 0.29) is 17.5 Å². The van der Waals surface area contributed by atoms with Gasteiger partial charge in [0, 0.05) is 32.3 Å². The number of nitrogens with zero attached hydrogens (tertiary/aromatic N) is 4. The summed E-state index contributed by atoms with van der Waals surface area (Å²) in [5, 5.41) is 11.2. The largest absolute Gasteiger partial charge is 0.339 e. The van der Waals surface area contributed by atoms with Crippen LogP contribution in [0.25, 0.3) is 11.5 Å². The maximum absolute atomic E-state index is 11.6. The first-order valence-corrected chi connectivity index (χ1v) is 8.10. The third-order valence-electron chi connectivity index (χ3n) is 3.13. The third kappa shape index (κ3) is 2.88. The Bertz CT molecular complexity index is 705. The van der Waals surface area contributed by atoms with E-state index in [1.54, 1.807) is 24.0 Å². The zero-order chi connectivity index (χ0) is 14.2. The van der Waals surface area contributed by atoms with Gasteiger partial charge in [-0.05, 0) is 6.07 Å². The Morgan fingerprint density at radius 3 is 3.10 bits per heavy atom. The van der Waals surface area contributed by atoms with Gasteiger partial charge in [0.15, 0.2) is 9.84 Å². The molecular weight excluding hydrogens is 282 g/mol. The first-order chi connectivity index (χ1) is 9.52. The molecule has 1 fully saturated rings. The van der Waals surface area contributed by atoms with Gasteiger partial charge in [-0.1, -0.05) is 5.16 Å². The Morgan fingerprint density at radius 1 is 1.55 bits per heavy atom. The van der Waals surface area contributed by atoms with E-state index in [9.17, 15) is 8.42 Å². The molecule has 1 N–H and O–H groups in total. The van der Waals surface area contributed by atoms with E-state index in [4.69, 9.17) is 4.52 Å². The highest BCUT2D eigenvalue weighted by atomic mass is 32.2. The maximum atomic E-state index is 11.6. The quantitative estimate of drug-likeness (QED) is 0.806. The lowest BCUT2D eigenvalue weighted by Crippen LogP contribution is -2.46. The summed E-state index contributed by atoms with van der Waals surface area (Å²) < 4.78 is 29.9. The van der Waals surface area contributed by atoms with Crippen molar-refractivity contribution in [3.63, 3.8) is 0 Å². The molecule has 3 rings (SSSR count). The molecular formula is C11H15N5O3S. The Morgan fingerprint density at radius 2 is 2.40 bits per heavy atom. The summed E-state index contributed by atoms with van der Waals surface area (Å²) in [6, 6.07) is 1.61. The van der Waals surface area contributed by atoms with Gasteiger partial charge in [0.25, 0.3) is 0 Å². The van der Waals surface area contributed by atoms with Crippen LogP contribution in [0.3, 0.4) is 0 Å². The van der Waals surface area contributed by atoms with Gasteiger partial charge in [0.05, 0.1) is 11.5 Å². The molecule has 2 aromatic heterocycles. The summed E-state index contributed by atoms with van der Waals surface area (Å²) in [6.07, 6.45) is 2.19. The van der Waals surface area contributed by atoms with Crippen LogP contribution in [0.5, 0.6) is 0 Å². The van der Waals surface area contributed by atoms with Crippen LogP contribution in [0, 0.1) is 0 Å². The SMILES string of the molecule is Cn1ccc(-c2noc(CC3CS(=O)(=O)CCN3)n2)n1. The molecule has 0 spiro atoms. The molecule has 3 heterocycles. The van der Waals surface area contributed by atoms with E-state index < -0.39 is 9.84 Å². The number of aromatic nitrogens is 4. The summed E-state index contributed by atoms with van der Waals surface area (Å²) in [6.45, 7) is 0.467. The van der Waals surface area contributed by atoms with Gasteiger partial charge < -0.3 is 9.84 Å². The minimum absolute atomic E-state index is 0.105. The second kappa shape index (κ2) is 4.98. The molecule has 108 valence electrons. The summed E-state index contributed by atoms with van der Waals surface area (Å²) in [5.74, 6) is 1.13. The van der Waals surface area contributed by atoms with Crippen molar-refractivity contribution in [2.75, 3.05) is 18.1 Å². The first-order valence-electron chi connectivity index (χ1n) is 6.28. The van der Waals surface area contributed by atoms with Gasteiger partial charge in [0.1, 0.15) is 5.69 Å². The van der Waals surface area contributed by atoms with Crippen molar-refractivity contribution in [1.29, 1.82) is 0 Å². The highest BCUT2D eigenvalue weighted by molar-refractivity contribution is 7.91. The molecule has 0 aromatic carbocycles. The highest BCUT2D eigenvalue weighted by Crippen LogP contribution is 2.14. The van der Waals surface area contributed by atoms with Crippen molar-refractivity contribution >= 4 is 9.84 Å². The molecule has 0 bridgehead atoms. The van der Waals surface area contributed by atoms with Crippen molar-refractivity contribution in [3.8, 4) is 11.5 Å². The monoisotopic (exact) mass is 297 g/mol.